The van der Waals surface area contributed by atoms with E-state index in [-0.39, 0.29) is 18.5 Å². The Bertz CT molecular complexity index is 805. The molecule has 31 heavy (non-hydrogen) atoms. The van der Waals surface area contributed by atoms with Crippen molar-refractivity contribution in [1.29, 1.82) is 0 Å². The van der Waals surface area contributed by atoms with Crippen LogP contribution in [0.5, 0.6) is 0 Å². The van der Waals surface area contributed by atoms with Gasteiger partial charge < -0.3 is 9.47 Å². The standard InChI is InChI=1S/C21H25BrF3NO5/c1-20(2,3)31-19(29)26-11-5-4-6-15(26)18(28)30-16(12-21(23,24)25)17(27)13-7-9-14(22)10-8-13/h7-10,15-16H,4-6,11-12H2,1-3H3/t15-,16?/m0/s1. The van der Waals surface area contributed by atoms with Crippen molar-refractivity contribution >= 4 is 33.8 Å². The number of esters is 1. The number of nitrogens with zero attached hydrogens (tertiary/aromatic N) is 1. The van der Waals surface area contributed by atoms with Crippen molar-refractivity contribution in [3.63, 3.8) is 0 Å². The first-order chi connectivity index (χ1) is 14.3. The predicted octanol–water partition coefficient (Wildman–Crippen LogP) is 5.29. The highest BCUT2D eigenvalue weighted by Gasteiger charge is 2.41. The number of likely N-dealkylation sites (tertiary alicyclic amines) is 1. The highest BCUT2D eigenvalue weighted by molar-refractivity contribution is 9.10. The summed E-state index contributed by atoms with van der Waals surface area (Å²) in [5, 5.41) is 0. The van der Waals surface area contributed by atoms with E-state index in [1.807, 2.05) is 0 Å². The van der Waals surface area contributed by atoms with Gasteiger partial charge in [0.25, 0.3) is 0 Å². The van der Waals surface area contributed by atoms with E-state index >= 15 is 0 Å². The van der Waals surface area contributed by atoms with Crippen LogP contribution in [0.4, 0.5) is 18.0 Å². The molecule has 2 atom stereocenters. The fourth-order valence-corrected chi connectivity index (χ4v) is 3.40. The van der Waals surface area contributed by atoms with E-state index in [4.69, 9.17) is 9.47 Å². The SMILES string of the molecule is CC(C)(C)OC(=O)N1CCCC[C@H]1C(=O)OC(CC(F)(F)F)C(=O)c1ccc(Br)cc1. The molecule has 0 N–H and O–H groups in total. The van der Waals surface area contributed by atoms with Crippen molar-refractivity contribution < 1.29 is 37.0 Å². The Kier molecular flexibility index (Phi) is 8.13. The number of amides is 1. The molecule has 172 valence electrons. The predicted molar refractivity (Wildman–Crippen MR) is 110 cm³/mol. The lowest BCUT2D eigenvalue weighted by Crippen LogP contribution is -2.51. The number of ketones is 1. The average Bonchev–Trinajstić information content (AvgIpc) is 2.65. The van der Waals surface area contributed by atoms with Gasteiger partial charge in [-0.05, 0) is 52.2 Å². The van der Waals surface area contributed by atoms with Crippen LogP contribution in [0.25, 0.3) is 0 Å². The van der Waals surface area contributed by atoms with Gasteiger partial charge in [-0.25, -0.2) is 9.59 Å². The minimum atomic E-state index is -4.73. The first-order valence-corrected chi connectivity index (χ1v) is 10.6. The van der Waals surface area contributed by atoms with Crippen molar-refractivity contribution in [1.82, 2.24) is 4.90 Å². The Balaban J connectivity index is 2.21. The molecule has 0 radical (unpaired) electrons. The zero-order valence-electron chi connectivity index (χ0n) is 17.5. The van der Waals surface area contributed by atoms with Crippen LogP contribution in [0.2, 0.25) is 0 Å². The fraction of sp³-hybridized carbons (Fsp3) is 0.571. The van der Waals surface area contributed by atoms with Crippen molar-refractivity contribution in [2.24, 2.45) is 0 Å². The zero-order valence-corrected chi connectivity index (χ0v) is 19.1. The first-order valence-electron chi connectivity index (χ1n) is 9.83. The number of alkyl halides is 3. The van der Waals surface area contributed by atoms with Crippen molar-refractivity contribution in [3.8, 4) is 0 Å². The van der Waals surface area contributed by atoms with Crippen molar-refractivity contribution in [2.75, 3.05) is 6.54 Å². The smallest absolute Gasteiger partial charge is 0.411 e. The van der Waals surface area contributed by atoms with Gasteiger partial charge in [-0.3, -0.25) is 9.69 Å². The second kappa shape index (κ2) is 10.0. The van der Waals surface area contributed by atoms with Crippen LogP contribution in [0, 0.1) is 0 Å². The maximum atomic E-state index is 13.1. The molecule has 0 saturated carbocycles. The van der Waals surface area contributed by atoms with E-state index in [1.165, 1.54) is 24.3 Å². The third-order valence-corrected chi connectivity index (χ3v) is 5.03. The minimum Gasteiger partial charge on any atom is -0.452 e. The number of hydrogen-bond donors (Lipinski definition) is 0. The Hall–Kier alpha value is -2.10. The van der Waals surface area contributed by atoms with Crippen LogP contribution in [-0.2, 0) is 14.3 Å². The van der Waals surface area contributed by atoms with Crippen LogP contribution < -0.4 is 0 Å². The van der Waals surface area contributed by atoms with Crippen molar-refractivity contribution in [3.05, 3.63) is 34.3 Å². The molecule has 1 saturated heterocycles. The maximum absolute atomic E-state index is 13.1. The third-order valence-electron chi connectivity index (χ3n) is 4.50. The molecule has 1 aromatic rings. The quantitative estimate of drug-likeness (QED) is 0.400. The molecule has 1 amide bonds. The summed E-state index contributed by atoms with van der Waals surface area (Å²) in [4.78, 5) is 39.1. The van der Waals surface area contributed by atoms with Crippen LogP contribution in [0.3, 0.4) is 0 Å². The molecular weight excluding hydrogens is 483 g/mol. The van der Waals surface area contributed by atoms with Crippen LogP contribution in [0.1, 0.15) is 56.8 Å². The van der Waals surface area contributed by atoms with E-state index in [1.54, 1.807) is 20.8 Å². The summed E-state index contributed by atoms with van der Waals surface area (Å²) in [6.45, 7) is 5.20. The highest BCUT2D eigenvalue weighted by Crippen LogP contribution is 2.27. The number of halogens is 4. The molecule has 1 aromatic carbocycles. The summed E-state index contributed by atoms with van der Waals surface area (Å²) < 4.78 is 50.3. The number of carbonyl (C=O) groups is 3. The molecule has 0 bridgehead atoms. The van der Waals surface area contributed by atoms with Gasteiger partial charge in [-0.15, -0.1) is 0 Å². The van der Waals surface area contributed by atoms with Crippen LogP contribution in [0.15, 0.2) is 28.7 Å². The van der Waals surface area contributed by atoms with E-state index in [2.05, 4.69) is 15.9 Å². The van der Waals surface area contributed by atoms with Gasteiger partial charge in [-0.2, -0.15) is 13.2 Å². The van der Waals surface area contributed by atoms with Gasteiger partial charge in [-0.1, -0.05) is 28.1 Å². The van der Waals surface area contributed by atoms with E-state index in [9.17, 15) is 27.6 Å². The molecule has 6 nitrogen and oxygen atoms in total. The van der Waals surface area contributed by atoms with E-state index in [0.717, 1.165) is 4.90 Å². The van der Waals surface area contributed by atoms with Crippen LogP contribution >= 0.6 is 15.9 Å². The molecule has 0 spiro atoms. The Labute approximate surface area is 187 Å². The summed E-state index contributed by atoms with van der Waals surface area (Å²) in [5.41, 5.74) is -0.822. The normalized spacial score (nSPS) is 18.3. The van der Waals surface area contributed by atoms with E-state index < -0.39 is 48.2 Å². The summed E-state index contributed by atoms with van der Waals surface area (Å²) in [7, 11) is 0. The van der Waals surface area contributed by atoms with Gasteiger partial charge in [0.05, 0.1) is 6.42 Å². The molecule has 1 aliphatic rings. The molecule has 1 unspecified atom stereocenters. The molecule has 1 aliphatic heterocycles. The number of ether oxygens (including phenoxy) is 2. The monoisotopic (exact) mass is 507 g/mol. The lowest BCUT2D eigenvalue weighted by Gasteiger charge is -2.35. The van der Waals surface area contributed by atoms with Crippen LogP contribution in [-0.4, -0.2) is 53.2 Å². The fourth-order valence-electron chi connectivity index (χ4n) is 3.13. The number of carbonyl (C=O) groups excluding carboxylic acids is 3. The molecule has 1 fully saturated rings. The molecule has 0 aromatic heterocycles. The highest BCUT2D eigenvalue weighted by atomic mass is 79.9. The Morgan fingerprint density at radius 3 is 2.29 bits per heavy atom. The topological polar surface area (TPSA) is 72.9 Å². The van der Waals surface area contributed by atoms with Gasteiger partial charge >= 0.3 is 18.2 Å². The van der Waals surface area contributed by atoms with Gasteiger partial charge in [0.15, 0.2) is 6.10 Å². The van der Waals surface area contributed by atoms with Gasteiger partial charge in [0.2, 0.25) is 5.78 Å². The molecule has 10 heteroatoms. The van der Waals surface area contributed by atoms with Gasteiger partial charge in [0.1, 0.15) is 11.6 Å². The Morgan fingerprint density at radius 2 is 1.74 bits per heavy atom. The third kappa shape index (κ3) is 7.83. The second-order valence-corrected chi connectivity index (χ2v) is 9.22. The minimum absolute atomic E-state index is 0.0158. The molecule has 1 heterocycles. The zero-order chi connectivity index (χ0) is 23.4. The Morgan fingerprint density at radius 1 is 1.13 bits per heavy atom. The number of Topliss-reactive ketones (excluding diaryl/α,β-unsaturated/α-hetero) is 1. The summed E-state index contributed by atoms with van der Waals surface area (Å²) in [6, 6.07) is 4.59. The summed E-state index contributed by atoms with van der Waals surface area (Å²) in [5.74, 6) is -2.01. The maximum Gasteiger partial charge on any atom is 0.411 e. The number of hydrogen-bond acceptors (Lipinski definition) is 5. The lowest BCUT2D eigenvalue weighted by molar-refractivity contribution is -0.171. The second-order valence-electron chi connectivity index (χ2n) is 8.30. The molecular formula is C21H25BrF3NO5. The largest absolute Gasteiger partial charge is 0.452 e. The summed E-state index contributed by atoms with van der Waals surface area (Å²) >= 11 is 3.19. The van der Waals surface area contributed by atoms with Crippen molar-refractivity contribution in [2.45, 2.75) is 70.4 Å². The average molecular weight is 508 g/mol. The number of rotatable bonds is 5. The first kappa shape index (κ1) is 25.2. The molecule has 2 rings (SSSR count). The number of piperidine rings is 1. The summed E-state index contributed by atoms with van der Waals surface area (Å²) in [6.07, 6.45) is -7.73. The molecule has 0 aliphatic carbocycles. The number of benzene rings is 1. The van der Waals surface area contributed by atoms with Gasteiger partial charge in [0, 0.05) is 16.6 Å². The lowest BCUT2D eigenvalue weighted by atomic mass is 10.0. The van der Waals surface area contributed by atoms with E-state index in [0.29, 0.717) is 17.3 Å².